The highest BCUT2D eigenvalue weighted by Gasteiger charge is 2.56. The van der Waals surface area contributed by atoms with Crippen LogP contribution >= 0.6 is 0 Å². The Labute approximate surface area is 120 Å². The second-order valence-corrected chi connectivity index (χ2v) is 6.01. The summed E-state index contributed by atoms with van der Waals surface area (Å²) in [6.45, 7) is 2.89. The molecule has 2 saturated carbocycles. The Morgan fingerprint density at radius 3 is 2.90 bits per heavy atom. The Balaban J connectivity index is 1.73. The number of rotatable bonds is 4. The van der Waals surface area contributed by atoms with Gasteiger partial charge in [0, 0.05) is 23.8 Å². The second kappa shape index (κ2) is 5.46. The zero-order valence-electron chi connectivity index (χ0n) is 12.1. The van der Waals surface area contributed by atoms with Crippen molar-refractivity contribution >= 4 is 5.69 Å². The monoisotopic (exact) mass is 270 g/mol. The molecule has 3 heteroatoms. The molecule has 1 aromatic rings. The van der Waals surface area contributed by atoms with Gasteiger partial charge in [0.2, 0.25) is 0 Å². The molecule has 2 aliphatic rings. The highest BCUT2D eigenvalue weighted by Crippen LogP contribution is 2.55. The molecule has 1 aromatic carbocycles. The Morgan fingerprint density at radius 1 is 1.40 bits per heavy atom. The summed E-state index contributed by atoms with van der Waals surface area (Å²) in [7, 11) is 0. The molecule has 0 amide bonds. The molecular formula is C17H22N2O. The van der Waals surface area contributed by atoms with Crippen molar-refractivity contribution in [3.05, 3.63) is 29.8 Å². The summed E-state index contributed by atoms with van der Waals surface area (Å²) in [5.74, 6) is 0. The molecule has 2 aliphatic carbocycles. The SMILES string of the molecule is CCOC1CC(Nc2cccc(C#N)c2)C12CCCC2. The van der Waals surface area contributed by atoms with Gasteiger partial charge >= 0.3 is 0 Å². The summed E-state index contributed by atoms with van der Waals surface area (Å²) in [4.78, 5) is 0. The van der Waals surface area contributed by atoms with Gasteiger partial charge in [-0.25, -0.2) is 0 Å². The second-order valence-electron chi connectivity index (χ2n) is 6.01. The predicted molar refractivity (Wildman–Crippen MR) is 79.5 cm³/mol. The minimum Gasteiger partial charge on any atom is -0.382 e. The first-order chi connectivity index (χ1) is 9.78. The molecule has 0 saturated heterocycles. The molecule has 20 heavy (non-hydrogen) atoms. The molecule has 2 fully saturated rings. The van der Waals surface area contributed by atoms with Crippen molar-refractivity contribution < 1.29 is 4.74 Å². The van der Waals surface area contributed by atoms with Gasteiger partial charge in [0.15, 0.2) is 0 Å². The van der Waals surface area contributed by atoms with E-state index in [2.05, 4.69) is 24.4 Å². The average Bonchev–Trinajstić information content (AvgIpc) is 2.99. The summed E-state index contributed by atoms with van der Waals surface area (Å²) >= 11 is 0. The summed E-state index contributed by atoms with van der Waals surface area (Å²) < 4.78 is 5.94. The third kappa shape index (κ3) is 2.19. The lowest BCUT2D eigenvalue weighted by atomic mass is 9.60. The number of hydrogen-bond donors (Lipinski definition) is 1. The smallest absolute Gasteiger partial charge is 0.0992 e. The van der Waals surface area contributed by atoms with Crippen molar-refractivity contribution in [3.8, 4) is 6.07 Å². The van der Waals surface area contributed by atoms with Crippen LogP contribution in [0.2, 0.25) is 0 Å². The van der Waals surface area contributed by atoms with Crippen LogP contribution in [0.4, 0.5) is 5.69 Å². The van der Waals surface area contributed by atoms with E-state index in [0.29, 0.717) is 17.6 Å². The normalized spacial score (nSPS) is 27.0. The fourth-order valence-electron chi connectivity index (χ4n) is 3.97. The highest BCUT2D eigenvalue weighted by atomic mass is 16.5. The average molecular weight is 270 g/mol. The van der Waals surface area contributed by atoms with Crippen LogP contribution in [0.5, 0.6) is 0 Å². The van der Waals surface area contributed by atoms with Gasteiger partial charge in [0.05, 0.1) is 17.7 Å². The predicted octanol–water partition coefficient (Wildman–Crippen LogP) is 3.71. The lowest BCUT2D eigenvalue weighted by Crippen LogP contribution is -2.60. The van der Waals surface area contributed by atoms with Crippen molar-refractivity contribution in [1.29, 1.82) is 5.26 Å². The number of anilines is 1. The van der Waals surface area contributed by atoms with Crippen LogP contribution in [0.15, 0.2) is 24.3 Å². The number of nitriles is 1. The first-order valence-electron chi connectivity index (χ1n) is 7.67. The molecule has 3 nitrogen and oxygen atoms in total. The van der Waals surface area contributed by atoms with E-state index < -0.39 is 0 Å². The van der Waals surface area contributed by atoms with Crippen molar-refractivity contribution in [2.75, 3.05) is 11.9 Å². The fourth-order valence-corrected chi connectivity index (χ4v) is 3.97. The standard InChI is InChI=1S/C17H22N2O/c1-2-20-16-11-15(17(16)8-3-4-9-17)19-14-7-5-6-13(10-14)12-18/h5-7,10,15-16,19H,2-4,8-9,11H2,1H3. The molecule has 106 valence electrons. The molecule has 2 unspecified atom stereocenters. The van der Waals surface area contributed by atoms with Crippen LogP contribution < -0.4 is 5.32 Å². The molecule has 0 aromatic heterocycles. The Kier molecular flexibility index (Phi) is 3.67. The van der Waals surface area contributed by atoms with Crippen LogP contribution in [0.3, 0.4) is 0 Å². The van der Waals surface area contributed by atoms with E-state index in [0.717, 1.165) is 24.3 Å². The summed E-state index contributed by atoms with van der Waals surface area (Å²) in [5.41, 5.74) is 2.12. The molecule has 2 atom stereocenters. The van der Waals surface area contributed by atoms with Crippen molar-refractivity contribution in [2.45, 2.75) is 51.2 Å². The molecule has 3 rings (SSSR count). The molecule has 1 spiro atoms. The van der Waals surface area contributed by atoms with E-state index in [9.17, 15) is 0 Å². The number of ether oxygens (including phenoxy) is 1. The van der Waals surface area contributed by atoms with Crippen LogP contribution in [0.1, 0.15) is 44.6 Å². The van der Waals surface area contributed by atoms with Gasteiger partial charge in [-0.05, 0) is 44.4 Å². The minimum absolute atomic E-state index is 0.332. The topological polar surface area (TPSA) is 45.0 Å². The quantitative estimate of drug-likeness (QED) is 0.907. The van der Waals surface area contributed by atoms with Crippen molar-refractivity contribution in [3.63, 3.8) is 0 Å². The van der Waals surface area contributed by atoms with Crippen molar-refractivity contribution in [1.82, 2.24) is 0 Å². The van der Waals surface area contributed by atoms with Gasteiger partial charge in [-0.15, -0.1) is 0 Å². The highest BCUT2D eigenvalue weighted by molar-refractivity contribution is 5.50. The summed E-state index contributed by atoms with van der Waals surface area (Å²) in [6, 6.07) is 10.5. The molecule has 0 bridgehead atoms. The van der Waals surface area contributed by atoms with Gasteiger partial charge in [-0.1, -0.05) is 18.9 Å². The molecular weight excluding hydrogens is 248 g/mol. The van der Waals surface area contributed by atoms with Crippen molar-refractivity contribution in [2.24, 2.45) is 5.41 Å². The van der Waals surface area contributed by atoms with Crippen LogP contribution in [0.25, 0.3) is 0 Å². The molecule has 1 N–H and O–H groups in total. The van der Waals surface area contributed by atoms with Gasteiger partial charge < -0.3 is 10.1 Å². The summed E-state index contributed by atoms with van der Waals surface area (Å²) in [5, 5.41) is 12.6. The van der Waals surface area contributed by atoms with Crippen LogP contribution in [-0.2, 0) is 4.74 Å². The first-order valence-corrected chi connectivity index (χ1v) is 7.67. The largest absolute Gasteiger partial charge is 0.382 e. The third-order valence-electron chi connectivity index (χ3n) is 5.02. The number of nitrogens with one attached hydrogen (secondary N) is 1. The molecule has 0 radical (unpaired) electrons. The Bertz CT molecular complexity index is 514. The minimum atomic E-state index is 0.332. The number of hydrogen-bond acceptors (Lipinski definition) is 3. The van der Waals surface area contributed by atoms with Gasteiger partial charge in [0.25, 0.3) is 0 Å². The van der Waals surface area contributed by atoms with Gasteiger partial charge in [0.1, 0.15) is 0 Å². The van der Waals surface area contributed by atoms with E-state index in [4.69, 9.17) is 10.00 Å². The molecule has 0 heterocycles. The Morgan fingerprint density at radius 2 is 2.20 bits per heavy atom. The van der Waals surface area contributed by atoms with Gasteiger partial charge in [-0.2, -0.15) is 5.26 Å². The maximum Gasteiger partial charge on any atom is 0.0992 e. The zero-order valence-corrected chi connectivity index (χ0v) is 12.1. The van der Waals surface area contributed by atoms with E-state index in [1.165, 1.54) is 25.7 Å². The van der Waals surface area contributed by atoms with Crippen LogP contribution in [-0.4, -0.2) is 18.8 Å². The number of benzene rings is 1. The number of nitrogens with zero attached hydrogens (tertiary/aromatic N) is 1. The van der Waals surface area contributed by atoms with Crippen LogP contribution in [0, 0.1) is 16.7 Å². The summed E-state index contributed by atoms with van der Waals surface area (Å²) in [6.07, 6.45) is 6.69. The first kappa shape index (κ1) is 13.5. The maximum absolute atomic E-state index is 8.99. The lowest BCUT2D eigenvalue weighted by Gasteiger charge is -2.54. The van der Waals surface area contributed by atoms with E-state index >= 15 is 0 Å². The lowest BCUT2D eigenvalue weighted by molar-refractivity contribution is -0.114. The molecule has 0 aliphatic heterocycles. The zero-order chi connectivity index (χ0) is 14.0. The van der Waals surface area contributed by atoms with E-state index in [-0.39, 0.29) is 0 Å². The van der Waals surface area contributed by atoms with Gasteiger partial charge in [-0.3, -0.25) is 0 Å². The third-order valence-corrected chi connectivity index (χ3v) is 5.02. The maximum atomic E-state index is 8.99. The van der Waals surface area contributed by atoms with E-state index in [1.54, 1.807) is 0 Å². The van der Waals surface area contributed by atoms with E-state index in [1.807, 2.05) is 18.2 Å². The fraction of sp³-hybridized carbons (Fsp3) is 0.588. The Hall–Kier alpha value is -1.53.